The van der Waals surface area contributed by atoms with Gasteiger partial charge in [-0.05, 0) is 85.1 Å². The van der Waals surface area contributed by atoms with Gasteiger partial charge in [0.05, 0.1) is 17.7 Å². The van der Waals surface area contributed by atoms with Crippen molar-refractivity contribution in [2.45, 2.75) is 50.2 Å². The lowest BCUT2D eigenvalue weighted by Crippen LogP contribution is -2.54. The van der Waals surface area contributed by atoms with E-state index < -0.39 is 46.1 Å². The number of carbonyl (C=O) groups is 2. The molecule has 4 rings (SSSR count). The SMILES string of the molecule is CC[C@H](C)NC(=O)[C@H](Cc1ccccc1)N(Cc1ccc(F)cc1)C(=O)CN(c1ccc(F)cc1)S(=O)(=O)c1ccc(OC)cc1. The Morgan fingerprint density at radius 2 is 1.41 bits per heavy atom. The van der Waals surface area contributed by atoms with Gasteiger partial charge in [0.1, 0.15) is 30.0 Å². The standard InChI is InChI=1S/C35H37F2N3O5S/c1-4-25(2)38-35(42)33(22-26-8-6-5-7-9-26)39(23-27-10-12-28(36)13-11-27)34(41)24-40(30-16-14-29(37)15-17-30)46(43,44)32-20-18-31(45-3)19-21-32/h5-21,25,33H,4,22-24H2,1-3H3,(H,38,42)/t25-,33-/m0/s1. The van der Waals surface area contributed by atoms with Gasteiger partial charge in [0, 0.05) is 19.0 Å². The highest BCUT2D eigenvalue weighted by atomic mass is 32.2. The summed E-state index contributed by atoms with van der Waals surface area (Å²) in [6.45, 7) is 2.96. The summed E-state index contributed by atoms with van der Waals surface area (Å²) >= 11 is 0. The van der Waals surface area contributed by atoms with Crippen LogP contribution in [0, 0.1) is 11.6 Å². The number of carbonyl (C=O) groups excluding carboxylic acids is 2. The fourth-order valence-corrected chi connectivity index (χ4v) is 6.21. The fourth-order valence-electron chi connectivity index (χ4n) is 4.79. The van der Waals surface area contributed by atoms with Crippen molar-refractivity contribution >= 4 is 27.5 Å². The summed E-state index contributed by atoms with van der Waals surface area (Å²) in [5, 5.41) is 2.96. The van der Waals surface area contributed by atoms with Crippen LogP contribution in [-0.2, 0) is 32.6 Å². The maximum atomic E-state index is 14.4. The van der Waals surface area contributed by atoms with Crippen LogP contribution < -0.4 is 14.4 Å². The highest BCUT2D eigenvalue weighted by Gasteiger charge is 2.35. The molecule has 0 saturated heterocycles. The van der Waals surface area contributed by atoms with Crippen molar-refractivity contribution in [3.63, 3.8) is 0 Å². The smallest absolute Gasteiger partial charge is 0.264 e. The van der Waals surface area contributed by atoms with E-state index in [1.807, 2.05) is 44.2 Å². The first-order valence-corrected chi connectivity index (χ1v) is 16.3. The number of anilines is 1. The van der Waals surface area contributed by atoms with Gasteiger partial charge in [-0.2, -0.15) is 0 Å². The number of sulfonamides is 1. The zero-order chi connectivity index (χ0) is 33.3. The molecule has 0 bridgehead atoms. The quantitative estimate of drug-likeness (QED) is 0.189. The van der Waals surface area contributed by atoms with Crippen LogP contribution in [0.1, 0.15) is 31.4 Å². The summed E-state index contributed by atoms with van der Waals surface area (Å²) < 4.78 is 61.9. The van der Waals surface area contributed by atoms with Crippen molar-refractivity contribution in [1.82, 2.24) is 10.2 Å². The number of ether oxygens (including phenoxy) is 1. The number of halogens is 2. The molecule has 0 aliphatic rings. The number of hydrogen-bond acceptors (Lipinski definition) is 5. The minimum atomic E-state index is -4.37. The lowest BCUT2D eigenvalue weighted by molar-refractivity contribution is -0.140. The van der Waals surface area contributed by atoms with Crippen molar-refractivity contribution in [2.24, 2.45) is 0 Å². The van der Waals surface area contributed by atoms with E-state index in [2.05, 4.69) is 5.32 Å². The third kappa shape index (κ3) is 8.69. The molecule has 0 fully saturated rings. The van der Waals surface area contributed by atoms with Gasteiger partial charge in [-0.25, -0.2) is 17.2 Å². The summed E-state index contributed by atoms with van der Waals surface area (Å²) in [5.41, 5.74) is 1.37. The molecule has 46 heavy (non-hydrogen) atoms. The minimum absolute atomic E-state index is 0.0518. The molecule has 8 nitrogen and oxygen atoms in total. The molecule has 0 aliphatic carbocycles. The van der Waals surface area contributed by atoms with Gasteiger partial charge in [-0.15, -0.1) is 0 Å². The Kier molecular flexibility index (Phi) is 11.5. The van der Waals surface area contributed by atoms with Crippen LogP contribution in [0.15, 0.2) is 108 Å². The first kappa shape index (κ1) is 34.1. The second-order valence-corrected chi connectivity index (χ2v) is 12.7. The normalized spacial score (nSPS) is 12.5. The number of methoxy groups -OCH3 is 1. The molecule has 0 radical (unpaired) electrons. The third-order valence-corrected chi connectivity index (χ3v) is 9.37. The number of nitrogens with one attached hydrogen (secondary N) is 1. The molecule has 0 saturated carbocycles. The van der Waals surface area contributed by atoms with Crippen molar-refractivity contribution in [1.29, 1.82) is 0 Å². The number of nitrogens with zero attached hydrogens (tertiary/aromatic N) is 2. The maximum Gasteiger partial charge on any atom is 0.264 e. The highest BCUT2D eigenvalue weighted by Crippen LogP contribution is 2.27. The van der Waals surface area contributed by atoms with Gasteiger partial charge in [0.2, 0.25) is 11.8 Å². The molecule has 4 aromatic carbocycles. The van der Waals surface area contributed by atoms with E-state index >= 15 is 0 Å². The molecule has 0 heterocycles. The van der Waals surface area contributed by atoms with Gasteiger partial charge >= 0.3 is 0 Å². The fraction of sp³-hybridized carbons (Fsp3) is 0.257. The van der Waals surface area contributed by atoms with Crippen LogP contribution in [0.4, 0.5) is 14.5 Å². The highest BCUT2D eigenvalue weighted by molar-refractivity contribution is 7.92. The second kappa shape index (κ2) is 15.5. The van der Waals surface area contributed by atoms with E-state index in [0.29, 0.717) is 17.7 Å². The third-order valence-electron chi connectivity index (χ3n) is 7.58. The maximum absolute atomic E-state index is 14.4. The van der Waals surface area contributed by atoms with E-state index in [0.717, 1.165) is 22.0 Å². The van der Waals surface area contributed by atoms with E-state index in [1.54, 1.807) is 0 Å². The predicted molar refractivity (Wildman–Crippen MR) is 173 cm³/mol. The molecular formula is C35H37F2N3O5S. The van der Waals surface area contributed by atoms with E-state index in [1.165, 1.54) is 72.7 Å². The number of rotatable bonds is 14. The monoisotopic (exact) mass is 649 g/mol. The Bertz CT molecular complexity index is 1700. The summed E-state index contributed by atoms with van der Waals surface area (Å²) in [5.74, 6) is -1.72. The van der Waals surface area contributed by atoms with Gasteiger partial charge < -0.3 is 15.0 Å². The molecule has 2 atom stereocenters. The zero-order valence-electron chi connectivity index (χ0n) is 25.9. The summed E-state index contributed by atoms with van der Waals surface area (Å²) in [7, 11) is -2.92. The van der Waals surface area contributed by atoms with Crippen LogP contribution in [0.5, 0.6) is 5.75 Å². The largest absolute Gasteiger partial charge is 0.497 e. The number of benzene rings is 4. The van der Waals surface area contributed by atoms with Crippen molar-refractivity contribution in [3.05, 3.63) is 126 Å². The molecule has 0 aliphatic heterocycles. The Balaban J connectivity index is 1.80. The Hall–Kier alpha value is -4.77. The average molecular weight is 650 g/mol. The second-order valence-electron chi connectivity index (χ2n) is 10.8. The predicted octanol–water partition coefficient (Wildman–Crippen LogP) is 5.72. The Morgan fingerprint density at radius 3 is 1.98 bits per heavy atom. The number of amides is 2. The lowest BCUT2D eigenvalue weighted by atomic mass is 10.0. The summed E-state index contributed by atoms with van der Waals surface area (Å²) in [6, 6.07) is 23.8. The molecule has 1 N–H and O–H groups in total. The molecule has 11 heteroatoms. The van der Waals surface area contributed by atoms with Crippen molar-refractivity contribution in [3.8, 4) is 5.75 Å². The lowest BCUT2D eigenvalue weighted by Gasteiger charge is -2.34. The van der Waals surface area contributed by atoms with E-state index in [-0.39, 0.29) is 29.6 Å². The van der Waals surface area contributed by atoms with Crippen molar-refractivity contribution in [2.75, 3.05) is 18.0 Å². The molecular weight excluding hydrogens is 612 g/mol. The number of hydrogen-bond donors (Lipinski definition) is 1. The summed E-state index contributed by atoms with van der Waals surface area (Å²) in [4.78, 5) is 29.4. The first-order chi connectivity index (χ1) is 22.0. The topological polar surface area (TPSA) is 96.0 Å². The first-order valence-electron chi connectivity index (χ1n) is 14.8. The average Bonchev–Trinajstić information content (AvgIpc) is 3.06. The zero-order valence-corrected chi connectivity index (χ0v) is 26.7. The van der Waals surface area contributed by atoms with Gasteiger partial charge in [0.25, 0.3) is 10.0 Å². The Morgan fingerprint density at radius 1 is 0.826 bits per heavy atom. The van der Waals surface area contributed by atoms with Crippen LogP contribution in [0.2, 0.25) is 0 Å². The van der Waals surface area contributed by atoms with Gasteiger partial charge in [0.15, 0.2) is 0 Å². The van der Waals surface area contributed by atoms with E-state index in [4.69, 9.17) is 4.74 Å². The molecule has 0 spiro atoms. The molecule has 2 amide bonds. The molecule has 0 aromatic heterocycles. The Labute approximate surface area is 268 Å². The van der Waals surface area contributed by atoms with E-state index in [9.17, 15) is 26.8 Å². The summed E-state index contributed by atoms with van der Waals surface area (Å²) in [6.07, 6.45) is 0.784. The van der Waals surface area contributed by atoms with Crippen LogP contribution in [-0.4, -0.2) is 50.9 Å². The minimum Gasteiger partial charge on any atom is -0.497 e. The van der Waals surface area contributed by atoms with Gasteiger partial charge in [-0.1, -0.05) is 49.4 Å². The molecule has 4 aromatic rings. The van der Waals surface area contributed by atoms with Gasteiger partial charge in [-0.3, -0.25) is 13.9 Å². The molecule has 242 valence electrons. The van der Waals surface area contributed by atoms with Crippen LogP contribution in [0.25, 0.3) is 0 Å². The van der Waals surface area contributed by atoms with Crippen molar-refractivity contribution < 1.29 is 31.5 Å². The molecule has 0 unspecified atom stereocenters. The van der Waals surface area contributed by atoms with Crippen LogP contribution >= 0.6 is 0 Å². The van der Waals surface area contributed by atoms with Crippen LogP contribution in [0.3, 0.4) is 0 Å².